The van der Waals surface area contributed by atoms with Crippen LogP contribution in [-0.4, -0.2) is 23.6 Å². The van der Waals surface area contributed by atoms with Crippen LogP contribution >= 0.6 is 0 Å². The lowest BCUT2D eigenvalue weighted by Crippen LogP contribution is -2.14. The van der Waals surface area contributed by atoms with Crippen molar-refractivity contribution in [3.05, 3.63) is 203 Å². The lowest BCUT2D eigenvalue weighted by molar-refractivity contribution is 0.101. The SMILES string of the molecule is Cc1ccc(C(=O)Nc2ccc(-c3ccc(NC(=O)c4ccc(C(=O)Nc5ccc(-c6ccc(NC(=O)c7ccc(C)cc7)cc6)cc5)cc4)cc3)cc2)cc1. The van der Waals surface area contributed by atoms with E-state index in [1.807, 2.05) is 135 Å². The van der Waals surface area contributed by atoms with Crippen molar-refractivity contribution in [3.8, 4) is 22.3 Å². The molecule has 0 unspecified atom stereocenters. The molecule has 8 heteroatoms. The Balaban J connectivity index is 0.889. The molecule has 4 N–H and O–H groups in total. The lowest BCUT2D eigenvalue weighted by Gasteiger charge is -2.10. The van der Waals surface area contributed by atoms with E-state index >= 15 is 0 Å². The van der Waals surface area contributed by atoms with Crippen LogP contribution < -0.4 is 21.3 Å². The molecule has 0 spiro atoms. The molecular weight excluding hydrogens is 697 g/mol. The summed E-state index contributed by atoms with van der Waals surface area (Å²) in [6.07, 6.45) is 0. The maximum Gasteiger partial charge on any atom is 0.255 e. The number of carbonyl (C=O) groups excluding carboxylic acids is 4. The van der Waals surface area contributed by atoms with Crippen molar-refractivity contribution >= 4 is 46.4 Å². The van der Waals surface area contributed by atoms with Gasteiger partial charge in [0.25, 0.3) is 23.6 Å². The highest BCUT2D eigenvalue weighted by atomic mass is 16.2. The molecular formula is C48H38N4O4. The first-order valence-corrected chi connectivity index (χ1v) is 18.1. The predicted molar refractivity (Wildman–Crippen MR) is 224 cm³/mol. The van der Waals surface area contributed by atoms with Gasteiger partial charge in [0.05, 0.1) is 0 Å². The van der Waals surface area contributed by atoms with Gasteiger partial charge < -0.3 is 21.3 Å². The van der Waals surface area contributed by atoms with Crippen molar-refractivity contribution in [1.82, 2.24) is 0 Å². The Morgan fingerprint density at radius 3 is 0.643 bits per heavy atom. The van der Waals surface area contributed by atoms with Gasteiger partial charge in [-0.2, -0.15) is 0 Å². The number of carbonyl (C=O) groups is 4. The molecule has 274 valence electrons. The summed E-state index contributed by atoms with van der Waals surface area (Å²) in [6.45, 7) is 3.96. The number of hydrogen-bond acceptors (Lipinski definition) is 4. The number of anilines is 4. The molecule has 0 aliphatic rings. The first-order chi connectivity index (χ1) is 27.2. The zero-order valence-corrected chi connectivity index (χ0v) is 30.8. The largest absolute Gasteiger partial charge is 0.322 e. The fourth-order valence-corrected chi connectivity index (χ4v) is 5.98. The van der Waals surface area contributed by atoms with E-state index in [1.165, 1.54) is 0 Å². The zero-order valence-electron chi connectivity index (χ0n) is 30.8. The summed E-state index contributed by atoms with van der Waals surface area (Å²) in [5, 5.41) is 11.7. The van der Waals surface area contributed by atoms with Crippen molar-refractivity contribution in [2.24, 2.45) is 0 Å². The molecule has 0 atom stereocenters. The van der Waals surface area contributed by atoms with Gasteiger partial charge in [-0.1, -0.05) is 83.9 Å². The number of benzene rings is 7. The molecule has 0 radical (unpaired) electrons. The zero-order chi connectivity index (χ0) is 39.0. The van der Waals surface area contributed by atoms with E-state index in [9.17, 15) is 19.2 Å². The van der Waals surface area contributed by atoms with Gasteiger partial charge in [-0.05, 0) is 133 Å². The summed E-state index contributed by atoms with van der Waals surface area (Å²) >= 11 is 0. The van der Waals surface area contributed by atoms with Crippen LogP contribution in [-0.2, 0) is 0 Å². The molecule has 0 saturated carbocycles. The third-order valence-corrected chi connectivity index (χ3v) is 9.27. The van der Waals surface area contributed by atoms with Gasteiger partial charge >= 0.3 is 0 Å². The highest BCUT2D eigenvalue weighted by Gasteiger charge is 2.12. The second-order valence-corrected chi connectivity index (χ2v) is 13.4. The minimum atomic E-state index is -0.296. The Labute approximate surface area is 325 Å². The fourth-order valence-electron chi connectivity index (χ4n) is 5.98. The van der Waals surface area contributed by atoms with Crippen LogP contribution in [0.5, 0.6) is 0 Å². The van der Waals surface area contributed by atoms with Gasteiger partial charge in [-0.25, -0.2) is 0 Å². The van der Waals surface area contributed by atoms with Crippen LogP contribution in [0.1, 0.15) is 52.6 Å². The second kappa shape index (κ2) is 16.6. The number of nitrogens with one attached hydrogen (secondary N) is 4. The number of hydrogen-bond donors (Lipinski definition) is 4. The molecule has 7 rings (SSSR count). The van der Waals surface area contributed by atoms with Crippen LogP contribution in [0.15, 0.2) is 170 Å². The summed E-state index contributed by atoms with van der Waals surface area (Å²) in [6, 6.07) is 51.5. The van der Waals surface area contributed by atoms with Crippen LogP contribution in [0.2, 0.25) is 0 Å². The summed E-state index contributed by atoms with van der Waals surface area (Å²) in [7, 11) is 0. The van der Waals surface area contributed by atoms with E-state index in [4.69, 9.17) is 0 Å². The van der Waals surface area contributed by atoms with Gasteiger partial charge in [0, 0.05) is 45.0 Å². The van der Waals surface area contributed by atoms with E-state index in [1.54, 1.807) is 48.5 Å². The van der Waals surface area contributed by atoms with E-state index in [2.05, 4.69) is 21.3 Å². The number of rotatable bonds is 10. The van der Waals surface area contributed by atoms with Gasteiger partial charge in [-0.15, -0.1) is 0 Å². The highest BCUT2D eigenvalue weighted by molar-refractivity contribution is 6.08. The van der Waals surface area contributed by atoms with Crippen LogP contribution in [0, 0.1) is 13.8 Å². The number of amides is 4. The summed E-state index contributed by atoms with van der Waals surface area (Å²) in [5.74, 6) is -0.922. The molecule has 0 bridgehead atoms. The van der Waals surface area contributed by atoms with Crippen molar-refractivity contribution < 1.29 is 19.2 Å². The van der Waals surface area contributed by atoms with Gasteiger partial charge in [0.2, 0.25) is 0 Å². The molecule has 0 heterocycles. The van der Waals surface area contributed by atoms with Crippen molar-refractivity contribution in [2.45, 2.75) is 13.8 Å². The molecule has 0 aliphatic heterocycles. The second-order valence-electron chi connectivity index (χ2n) is 13.4. The minimum absolute atomic E-state index is 0.165. The van der Waals surface area contributed by atoms with Crippen LogP contribution in [0.4, 0.5) is 22.7 Å². The molecule has 0 saturated heterocycles. The van der Waals surface area contributed by atoms with Gasteiger partial charge in [-0.3, -0.25) is 19.2 Å². The first-order valence-electron chi connectivity index (χ1n) is 18.1. The van der Waals surface area contributed by atoms with Crippen molar-refractivity contribution in [1.29, 1.82) is 0 Å². The van der Waals surface area contributed by atoms with Crippen LogP contribution in [0.3, 0.4) is 0 Å². The molecule has 8 nitrogen and oxygen atoms in total. The van der Waals surface area contributed by atoms with E-state index in [0.717, 1.165) is 33.4 Å². The monoisotopic (exact) mass is 734 g/mol. The Morgan fingerprint density at radius 2 is 0.446 bits per heavy atom. The smallest absolute Gasteiger partial charge is 0.255 e. The Kier molecular flexibility index (Phi) is 10.9. The van der Waals surface area contributed by atoms with E-state index < -0.39 is 0 Å². The molecule has 4 amide bonds. The van der Waals surface area contributed by atoms with Crippen molar-refractivity contribution in [3.63, 3.8) is 0 Å². The quantitative estimate of drug-likeness (QED) is 0.112. The maximum atomic E-state index is 13.0. The topological polar surface area (TPSA) is 116 Å². The third-order valence-electron chi connectivity index (χ3n) is 9.27. The Morgan fingerprint density at radius 1 is 0.268 bits per heavy atom. The lowest BCUT2D eigenvalue weighted by atomic mass is 10.0. The minimum Gasteiger partial charge on any atom is -0.322 e. The molecule has 7 aromatic carbocycles. The average molecular weight is 735 g/mol. The summed E-state index contributed by atoms with van der Waals surface area (Å²) in [4.78, 5) is 51.1. The summed E-state index contributed by atoms with van der Waals surface area (Å²) < 4.78 is 0. The maximum absolute atomic E-state index is 13.0. The molecule has 0 fully saturated rings. The van der Waals surface area contributed by atoms with Gasteiger partial charge in [0.1, 0.15) is 0 Å². The normalized spacial score (nSPS) is 10.6. The third kappa shape index (κ3) is 9.13. The molecule has 0 aromatic heterocycles. The predicted octanol–water partition coefficient (Wildman–Crippen LogP) is 10.6. The molecule has 56 heavy (non-hydrogen) atoms. The molecule has 7 aromatic rings. The van der Waals surface area contributed by atoms with Crippen molar-refractivity contribution in [2.75, 3.05) is 21.3 Å². The molecule has 0 aliphatic carbocycles. The number of aryl methyl sites for hydroxylation is 2. The standard InChI is InChI=1S/C48H38N4O4/c1-31-3-7-37(8-4-31)45(53)49-41-23-15-33(16-24-41)35-19-27-43(28-20-35)51-47(55)39-11-13-40(14-12-39)48(56)52-44-29-21-36(22-30-44)34-17-25-42(26-18-34)50-46(54)38-9-5-32(2)6-10-38/h3-30H,1-2H3,(H,49,53)(H,50,54)(H,51,55)(H,52,56). The highest BCUT2D eigenvalue weighted by Crippen LogP contribution is 2.26. The van der Waals surface area contributed by atoms with E-state index in [0.29, 0.717) is 45.0 Å². The van der Waals surface area contributed by atoms with Crippen LogP contribution in [0.25, 0.3) is 22.3 Å². The Bertz CT molecular complexity index is 2310. The van der Waals surface area contributed by atoms with E-state index in [-0.39, 0.29) is 23.6 Å². The fraction of sp³-hybridized carbons (Fsp3) is 0.0417. The first kappa shape index (κ1) is 36.8. The van der Waals surface area contributed by atoms with Gasteiger partial charge in [0.15, 0.2) is 0 Å². The average Bonchev–Trinajstić information content (AvgIpc) is 3.22. The Hall–Kier alpha value is -7.58. The summed E-state index contributed by atoms with van der Waals surface area (Å²) in [5.41, 5.74) is 10.7.